The van der Waals surface area contributed by atoms with E-state index in [1.54, 1.807) is 23.3 Å². The summed E-state index contributed by atoms with van der Waals surface area (Å²) in [6, 6.07) is 16.6. The Morgan fingerprint density at radius 3 is 2.77 bits per heavy atom. The number of hydrazine groups is 1. The highest BCUT2D eigenvalue weighted by molar-refractivity contribution is 5.94. The summed E-state index contributed by atoms with van der Waals surface area (Å²) in [7, 11) is 0. The lowest BCUT2D eigenvalue weighted by Gasteiger charge is -2.36. The number of anilines is 1. The van der Waals surface area contributed by atoms with Crippen LogP contribution >= 0.6 is 0 Å². The normalized spacial score (nSPS) is 21.5. The number of hydrogen-bond donors (Lipinski definition) is 2. The number of aliphatic imine (C=N–C) groups is 1. The van der Waals surface area contributed by atoms with E-state index in [9.17, 15) is 9.50 Å². The first-order valence-corrected chi connectivity index (χ1v) is 13.3. The first-order chi connectivity index (χ1) is 19.0. The molecule has 6 rings (SSSR count). The smallest absolute Gasteiger partial charge is 0.138 e. The van der Waals surface area contributed by atoms with E-state index in [1.165, 1.54) is 6.07 Å². The van der Waals surface area contributed by atoms with E-state index in [0.29, 0.717) is 25.5 Å². The van der Waals surface area contributed by atoms with E-state index >= 15 is 0 Å². The predicted molar refractivity (Wildman–Crippen MR) is 150 cm³/mol. The second-order valence-corrected chi connectivity index (χ2v) is 10.3. The highest BCUT2D eigenvalue weighted by Crippen LogP contribution is 2.35. The summed E-state index contributed by atoms with van der Waals surface area (Å²) in [5.74, 6) is 7.79. The van der Waals surface area contributed by atoms with Crippen LogP contribution in [0.25, 0.3) is 11.3 Å². The minimum absolute atomic E-state index is 0.108. The van der Waals surface area contributed by atoms with Crippen molar-refractivity contribution in [3.8, 4) is 11.3 Å². The summed E-state index contributed by atoms with van der Waals surface area (Å²) < 4.78 is 13.8. The number of hydrogen-bond acceptors (Lipinski definition) is 8. The van der Waals surface area contributed by atoms with Crippen molar-refractivity contribution in [2.75, 3.05) is 31.1 Å². The van der Waals surface area contributed by atoms with Gasteiger partial charge in [0, 0.05) is 37.1 Å². The lowest BCUT2D eigenvalue weighted by atomic mass is 10.0. The lowest BCUT2D eigenvalue weighted by molar-refractivity contribution is 0.141. The molecule has 0 radical (unpaired) electrons. The van der Waals surface area contributed by atoms with Crippen LogP contribution in [0.3, 0.4) is 0 Å². The van der Waals surface area contributed by atoms with Crippen LogP contribution in [0.1, 0.15) is 36.2 Å². The fraction of sp³-hybridized carbons (Fsp3) is 0.300. The second-order valence-electron chi connectivity index (χ2n) is 10.3. The van der Waals surface area contributed by atoms with Crippen molar-refractivity contribution in [1.29, 1.82) is 0 Å². The zero-order valence-corrected chi connectivity index (χ0v) is 21.7. The van der Waals surface area contributed by atoms with Gasteiger partial charge in [-0.1, -0.05) is 24.8 Å². The number of benzene rings is 1. The van der Waals surface area contributed by atoms with Crippen LogP contribution in [0.4, 0.5) is 10.2 Å². The lowest BCUT2D eigenvalue weighted by Crippen LogP contribution is -2.51. The average Bonchev–Trinajstić information content (AvgIpc) is 3.57. The van der Waals surface area contributed by atoms with Crippen LogP contribution in [-0.2, 0) is 0 Å². The maximum absolute atomic E-state index is 13.8. The quantitative estimate of drug-likeness (QED) is 0.356. The van der Waals surface area contributed by atoms with Crippen LogP contribution in [0, 0.1) is 5.82 Å². The molecule has 0 spiro atoms. The molecule has 2 saturated heterocycles. The van der Waals surface area contributed by atoms with E-state index in [-0.39, 0.29) is 24.0 Å². The summed E-state index contributed by atoms with van der Waals surface area (Å²) in [5, 5.41) is 11.3. The summed E-state index contributed by atoms with van der Waals surface area (Å²) in [6.07, 6.45) is 7.30. The molecule has 3 N–H and O–H groups in total. The fourth-order valence-corrected chi connectivity index (χ4v) is 5.51. The molecule has 0 amide bonds. The molecule has 2 atom stereocenters. The number of aromatic nitrogens is 2. The molecule has 0 saturated carbocycles. The fourth-order valence-electron chi connectivity index (χ4n) is 5.51. The standard InChI is InChI=1S/C30H32FN7O/c1-20(37-14-4-9-27(37)22-5-2-6-23(31)15-22)10-11-29-34-17-28(38(29)32)26-8-3-7-25(35-26)21-12-13-33-30(16-21)36-18-24(39)19-36/h2-3,5-8,10-13,15-16,24,27-28,39H,1,4,9,14,17-19,32H2/b11-10-/t27-,28?/m1/s1. The number of likely N-dealkylation sites (tertiary alicyclic amines) is 1. The Balaban J connectivity index is 1.13. The maximum atomic E-state index is 13.8. The van der Waals surface area contributed by atoms with Crippen LogP contribution in [-0.4, -0.2) is 63.1 Å². The van der Waals surface area contributed by atoms with Crippen LogP contribution in [0.2, 0.25) is 0 Å². The minimum atomic E-state index is -0.291. The largest absolute Gasteiger partial charge is 0.389 e. The number of amidine groups is 1. The van der Waals surface area contributed by atoms with E-state index in [1.807, 2.05) is 53.5 Å². The van der Waals surface area contributed by atoms with Crippen LogP contribution in [0.15, 0.2) is 90.2 Å². The van der Waals surface area contributed by atoms with E-state index in [0.717, 1.165) is 53.4 Å². The van der Waals surface area contributed by atoms with Crippen molar-refractivity contribution in [1.82, 2.24) is 19.9 Å². The zero-order chi connectivity index (χ0) is 26.9. The number of allylic oxidation sites excluding steroid dienone is 1. The Morgan fingerprint density at radius 1 is 1.10 bits per heavy atom. The Bertz CT molecular complexity index is 1430. The van der Waals surface area contributed by atoms with E-state index in [2.05, 4.69) is 21.5 Å². The van der Waals surface area contributed by atoms with Crippen molar-refractivity contribution in [2.24, 2.45) is 10.8 Å². The van der Waals surface area contributed by atoms with Gasteiger partial charge in [-0.3, -0.25) is 15.0 Å². The first kappa shape index (κ1) is 25.2. The summed E-state index contributed by atoms with van der Waals surface area (Å²) in [5.41, 5.74) is 4.45. The summed E-state index contributed by atoms with van der Waals surface area (Å²) >= 11 is 0. The number of rotatable bonds is 7. The number of halogens is 1. The van der Waals surface area contributed by atoms with Gasteiger partial charge in [-0.05, 0) is 67.0 Å². The summed E-state index contributed by atoms with van der Waals surface area (Å²) in [6.45, 7) is 6.84. The van der Waals surface area contributed by atoms with Gasteiger partial charge in [-0.25, -0.2) is 15.2 Å². The van der Waals surface area contributed by atoms with Crippen molar-refractivity contribution < 1.29 is 9.50 Å². The number of aliphatic hydroxyl groups is 1. The Kier molecular flexibility index (Phi) is 6.85. The highest BCUT2D eigenvalue weighted by Gasteiger charge is 2.29. The topological polar surface area (TPSA) is 94.1 Å². The molecule has 0 aliphatic carbocycles. The predicted octanol–water partition coefficient (Wildman–Crippen LogP) is 4.00. The number of nitrogens with zero attached hydrogens (tertiary/aromatic N) is 6. The van der Waals surface area contributed by atoms with Gasteiger partial charge in [0.2, 0.25) is 0 Å². The molecule has 5 heterocycles. The molecule has 8 nitrogen and oxygen atoms in total. The molecule has 3 aliphatic heterocycles. The monoisotopic (exact) mass is 525 g/mol. The van der Waals surface area contributed by atoms with Gasteiger partial charge in [0.25, 0.3) is 0 Å². The SMILES string of the molecule is C=C(/C=C\C1=NCC(c2cccc(-c3ccnc(N4CC(O)C4)c3)n2)N1N)N1CCC[C@@H]1c1cccc(F)c1. The third-order valence-electron chi connectivity index (χ3n) is 7.65. The molecule has 2 aromatic heterocycles. The molecule has 1 aromatic carbocycles. The number of aliphatic hydroxyl groups excluding tert-OH is 1. The zero-order valence-electron chi connectivity index (χ0n) is 21.7. The third kappa shape index (κ3) is 5.15. The first-order valence-electron chi connectivity index (χ1n) is 13.3. The molecule has 9 heteroatoms. The molecule has 39 heavy (non-hydrogen) atoms. The van der Waals surface area contributed by atoms with Gasteiger partial charge in [0.15, 0.2) is 0 Å². The molecule has 3 aliphatic rings. The number of pyridine rings is 2. The van der Waals surface area contributed by atoms with Gasteiger partial charge in [-0.15, -0.1) is 0 Å². The Morgan fingerprint density at radius 2 is 1.95 bits per heavy atom. The molecule has 3 aromatic rings. The van der Waals surface area contributed by atoms with Gasteiger partial charge in [-0.2, -0.15) is 0 Å². The van der Waals surface area contributed by atoms with Gasteiger partial charge in [0.05, 0.1) is 30.1 Å². The average molecular weight is 526 g/mol. The molecular weight excluding hydrogens is 493 g/mol. The highest BCUT2D eigenvalue weighted by atomic mass is 19.1. The molecular formula is C30H32FN7O. The molecule has 200 valence electrons. The Labute approximate surface area is 227 Å². The summed E-state index contributed by atoms with van der Waals surface area (Å²) in [4.78, 5) is 18.3. The van der Waals surface area contributed by atoms with Crippen molar-refractivity contribution in [3.63, 3.8) is 0 Å². The minimum Gasteiger partial charge on any atom is -0.389 e. The van der Waals surface area contributed by atoms with Crippen molar-refractivity contribution in [2.45, 2.75) is 31.0 Å². The van der Waals surface area contributed by atoms with E-state index < -0.39 is 0 Å². The van der Waals surface area contributed by atoms with Crippen molar-refractivity contribution in [3.05, 3.63) is 102 Å². The Hall–Kier alpha value is -4.08. The van der Waals surface area contributed by atoms with Gasteiger partial charge >= 0.3 is 0 Å². The molecule has 0 bridgehead atoms. The second kappa shape index (κ2) is 10.6. The number of nitrogens with two attached hydrogens (primary N) is 1. The number of β-amino-alcohol motifs (C(OH)–C–C–N with tert-alkyl or cyclic N) is 1. The van der Waals surface area contributed by atoms with E-state index in [4.69, 9.17) is 10.8 Å². The van der Waals surface area contributed by atoms with Gasteiger partial charge in [0.1, 0.15) is 23.5 Å². The third-order valence-corrected chi connectivity index (χ3v) is 7.65. The molecule has 2 fully saturated rings. The molecule has 1 unspecified atom stereocenters. The van der Waals surface area contributed by atoms with Crippen LogP contribution in [0.5, 0.6) is 0 Å². The van der Waals surface area contributed by atoms with Crippen LogP contribution < -0.4 is 10.7 Å². The maximum Gasteiger partial charge on any atom is 0.138 e. The van der Waals surface area contributed by atoms with Crippen molar-refractivity contribution >= 4 is 11.7 Å². The van der Waals surface area contributed by atoms with Gasteiger partial charge < -0.3 is 14.9 Å².